The molecule has 22 heavy (non-hydrogen) atoms. The van der Waals surface area contributed by atoms with Gasteiger partial charge in [0.1, 0.15) is 30.6 Å². The summed E-state index contributed by atoms with van der Waals surface area (Å²) in [5, 5.41) is 21.1. The standard InChI is InChI=1S/C17H21NO4/c1-10-6-11-4-5-12-7-14(17(2,3)21)22-16(12)13(11)8-18(10)9-15(19)20/h4-6,14,21H,7-9H2,1-3H3,(H,19,20). The van der Waals surface area contributed by atoms with E-state index in [2.05, 4.69) is 0 Å². The van der Waals surface area contributed by atoms with Crippen molar-refractivity contribution in [1.29, 1.82) is 0 Å². The minimum Gasteiger partial charge on any atom is -0.544 e. The Balaban J connectivity index is 1.95. The molecule has 118 valence electrons. The molecule has 0 saturated heterocycles. The Kier molecular flexibility index (Phi) is 3.50. The van der Waals surface area contributed by atoms with Crippen LogP contribution in [0.4, 0.5) is 0 Å². The Morgan fingerprint density at radius 1 is 1.50 bits per heavy atom. The normalized spacial score (nSPS) is 23.4. The lowest BCUT2D eigenvalue weighted by Gasteiger charge is -2.27. The molecule has 5 nitrogen and oxygen atoms in total. The number of hydrogen-bond acceptors (Lipinski definition) is 4. The lowest BCUT2D eigenvalue weighted by molar-refractivity contribution is -0.869. The van der Waals surface area contributed by atoms with Crippen LogP contribution in [-0.2, 0) is 17.8 Å². The van der Waals surface area contributed by atoms with Crippen LogP contribution in [0, 0.1) is 0 Å². The third-order valence-electron chi connectivity index (χ3n) is 4.51. The number of carboxylic acids is 1. The average molecular weight is 303 g/mol. The van der Waals surface area contributed by atoms with Crippen LogP contribution in [0.1, 0.15) is 37.5 Å². The van der Waals surface area contributed by atoms with E-state index >= 15 is 0 Å². The molecular weight excluding hydrogens is 282 g/mol. The van der Waals surface area contributed by atoms with Gasteiger partial charge in [-0.15, -0.1) is 0 Å². The number of carbonyl (C=O) groups is 1. The number of nitrogens with one attached hydrogen (secondary N) is 1. The number of aliphatic hydroxyl groups is 1. The van der Waals surface area contributed by atoms with Crippen molar-refractivity contribution < 1.29 is 24.6 Å². The van der Waals surface area contributed by atoms with Gasteiger partial charge in [-0.25, -0.2) is 0 Å². The maximum absolute atomic E-state index is 10.9. The summed E-state index contributed by atoms with van der Waals surface area (Å²) in [7, 11) is 0. The zero-order valence-electron chi connectivity index (χ0n) is 13.1. The van der Waals surface area contributed by atoms with Gasteiger partial charge in [-0.3, -0.25) is 4.90 Å². The minimum absolute atomic E-state index is 0.0552. The lowest BCUT2D eigenvalue weighted by atomic mass is 9.94. The smallest absolute Gasteiger partial charge is 0.132 e. The largest absolute Gasteiger partial charge is 0.544 e. The van der Waals surface area contributed by atoms with Crippen LogP contribution in [0.25, 0.3) is 6.08 Å². The van der Waals surface area contributed by atoms with Crippen molar-refractivity contribution in [1.82, 2.24) is 0 Å². The molecule has 0 aliphatic carbocycles. The first-order valence-corrected chi connectivity index (χ1v) is 7.52. The lowest BCUT2D eigenvalue weighted by Crippen LogP contribution is -3.10. The number of aliphatic carboxylic acids is 1. The van der Waals surface area contributed by atoms with Gasteiger partial charge in [0.05, 0.1) is 17.1 Å². The molecule has 2 atom stereocenters. The van der Waals surface area contributed by atoms with Gasteiger partial charge >= 0.3 is 0 Å². The summed E-state index contributed by atoms with van der Waals surface area (Å²) in [4.78, 5) is 11.8. The molecule has 0 saturated carbocycles. The summed E-state index contributed by atoms with van der Waals surface area (Å²) in [6, 6.07) is 4.08. The van der Waals surface area contributed by atoms with Gasteiger partial charge < -0.3 is 19.7 Å². The number of carbonyl (C=O) groups excluding carboxylic acids is 1. The predicted molar refractivity (Wildman–Crippen MR) is 79.1 cm³/mol. The Morgan fingerprint density at radius 3 is 2.86 bits per heavy atom. The van der Waals surface area contributed by atoms with Crippen LogP contribution in [0.5, 0.6) is 5.75 Å². The van der Waals surface area contributed by atoms with E-state index in [0.29, 0.717) is 13.0 Å². The molecule has 2 N–H and O–H groups in total. The first-order chi connectivity index (χ1) is 10.3. The molecule has 2 heterocycles. The highest BCUT2D eigenvalue weighted by Gasteiger charge is 2.37. The summed E-state index contributed by atoms with van der Waals surface area (Å²) >= 11 is 0. The Labute approximate surface area is 129 Å². The molecule has 2 aliphatic heterocycles. The number of allylic oxidation sites excluding steroid dienone is 1. The molecule has 1 aromatic carbocycles. The van der Waals surface area contributed by atoms with Gasteiger partial charge in [-0.05, 0) is 25.0 Å². The van der Waals surface area contributed by atoms with Crippen molar-refractivity contribution in [2.75, 3.05) is 6.54 Å². The molecule has 0 amide bonds. The minimum atomic E-state index is -1.06. The zero-order valence-corrected chi connectivity index (χ0v) is 13.1. The third-order valence-corrected chi connectivity index (χ3v) is 4.51. The van der Waals surface area contributed by atoms with Crippen LogP contribution in [0.2, 0.25) is 0 Å². The van der Waals surface area contributed by atoms with E-state index < -0.39 is 11.6 Å². The van der Waals surface area contributed by atoms with Gasteiger partial charge in [-0.1, -0.05) is 12.1 Å². The SMILES string of the molecule is CC1=Cc2ccc3c(c2C[NH+]1CC(=O)[O-])OC(C(C)(C)O)C3. The number of carboxylic acid groups (broad SMARTS) is 1. The van der Waals surface area contributed by atoms with E-state index in [-0.39, 0.29) is 12.6 Å². The Morgan fingerprint density at radius 2 is 2.23 bits per heavy atom. The highest BCUT2D eigenvalue weighted by atomic mass is 16.5. The van der Waals surface area contributed by atoms with Gasteiger partial charge in [0.25, 0.3) is 0 Å². The van der Waals surface area contributed by atoms with Crippen molar-refractivity contribution in [3.63, 3.8) is 0 Å². The highest BCUT2D eigenvalue weighted by Crippen LogP contribution is 2.38. The van der Waals surface area contributed by atoms with Gasteiger partial charge in [0.2, 0.25) is 0 Å². The molecular formula is C17H21NO4. The number of benzene rings is 1. The van der Waals surface area contributed by atoms with Crippen molar-refractivity contribution in [2.24, 2.45) is 0 Å². The maximum Gasteiger partial charge on any atom is 0.132 e. The van der Waals surface area contributed by atoms with Gasteiger partial charge in [-0.2, -0.15) is 0 Å². The first kappa shape index (κ1) is 15.1. The van der Waals surface area contributed by atoms with E-state index in [1.165, 1.54) is 0 Å². The van der Waals surface area contributed by atoms with E-state index in [1.54, 1.807) is 13.8 Å². The highest BCUT2D eigenvalue weighted by molar-refractivity contribution is 5.67. The number of hydrogen-bond donors (Lipinski definition) is 2. The number of fused-ring (bicyclic) bond motifs is 3. The summed E-state index contributed by atoms with van der Waals surface area (Å²) in [6.45, 7) is 5.92. The van der Waals surface area contributed by atoms with Crippen LogP contribution >= 0.6 is 0 Å². The monoisotopic (exact) mass is 303 g/mol. The van der Waals surface area contributed by atoms with Crippen LogP contribution in [0.15, 0.2) is 17.8 Å². The van der Waals surface area contributed by atoms with Crippen LogP contribution in [0.3, 0.4) is 0 Å². The molecule has 3 rings (SSSR count). The molecule has 5 heteroatoms. The molecule has 0 fully saturated rings. The summed E-state index contributed by atoms with van der Waals surface area (Å²) < 4.78 is 6.00. The van der Waals surface area contributed by atoms with Crippen molar-refractivity contribution in [3.8, 4) is 5.75 Å². The first-order valence-electron chi connectivity index (χ1n) is 7.52. The fourth-order valence-electron chi connectivity index (χ4n) is 3.16. The molecule has 0 aromatic heterocycles. The second-order valence-corrected chi connectivity index (χ2v) is 6.74. The summed E-state index contributed by atoms with van der Waals surface area (Å²) in [5.41, 5.74) is 3.23. The maximum atomic E-state index is 10.9. The topological polar surface area (TPSA) is 74.0 Å². The molecule has 1 aromatic rings. The molecule has 2 unspecified atom stereocenters. The van der Waals surface area contributed by atoms with Crippen molar-refractivity contribution >= 4 is 12.0 Å². The average Bonchev–Trinajstić information content (AvgIpc) is 2.83. The fourth-order valence-corrected chi connectivity index (χ4v) is 3.16. The quantitative estimate of drug-likeness (QED) is 0.772. The Hall–Kier alpha value is -1.85. The molecule has 2 aliphatic rings. The second kappa shape index (κ2) is 5.11. The van der Waals surface area contributed by atoms with Gasteiger partial charge in [0.15, 0.2) is 0 Å². The van der Waals surface area contributed by atoms with Gasteiger partial charge in [0, 0.05) is 19.4 Å². The number of quaternary nitrogens is 1. The zero-order chi connectivity index (χ0) is 16.1. The fraction of sp³-hybridized carbons (Fsp3) is 0.471. The summed E-state index contributed by atoms with van der Waals surface area (Å²) in [5.74, 6) is -0.252. The van der Waals surface area contributed by atoms with E-state index in [9.17, 15) is 15.0 Å². The van der Waals surface area contributed by atoms with E-state index in [4.69, 9.17) is 4.74 Å². The van der Waals surface area contributed by atoms with Crippen molar-refractivity contribution in [2.45, 2.75) is 45.4 Å². The molecule has 0 radical (unpaired) electrons. The molecule has 0 spiro atoms. The van der Waals surface area contributed by atoms with Crippen LogP contribution < -0.4 is 14.7 Å². The van der Waals surface area contributed by atoms with Crippen LogP contribution in [-0.4, -0.2) is 29.3 Å². The third kappa shape index (κ3) is 2.62. The molecule has 0 bridgehead atoms. The number of rotatable bonds is 3. The predicted octanol–water partition coefficient (Wildman–Crippen LogP) is -0.730. The van der Waals surface area contributed by atoms with Crippen molar-refractivity contribution in [3.05, 3.63) is 34.5 Å². The number of ether oxygens (including phenoxy) is 1. The summed E-state index contributed by atoms with van der Waals surface area (Å²) in [6.07, 6.45) is 2.40. The van der Waals surface area contributed by atoms with E-state index in [1.807, 2.05) is 25.1 Å². The van der Waals surface area contributed by atoms with E-state index in [0.717, 1.165) is 33.0 Å². The second-order valence-electron chi connectivity index (χ2n) is 6.74. The Bertz CT molecular complexity index is 657.